The maximum atomic E-state index is 11.7. The second-order valence-electron chi connectivity index (χ2n) is 3.53. The maximum absolute atomic E-state index is 11.7. The van der Waals surface area contributed by atoms with Crippen LogP contribution in [0.5, 0.6) is 0 Å². The Morgan fingerprint density at radius 3 is 2.87 bits per heavy atom. The molecule has 0 bridgehead atoms. The van der Waals surface area contributed by atoms with Crippen LogP contribution in [0.4, 0.5) is 0 Å². The van der Waals surface area contributed by atoms with Crippen LogP contribution in [0.2, 0.25) is 0 Å². The molecule has 1 rings (SSSR count). The number of carbonyl (C=O) groups is 1. The minimum absolute atomic E-state index is 0. The second-order valence-corrected chi connectivity index (χ2v) is 4.68. The average molecular weight is 255 g/mol. The third kappa shape index (κ3) is 4.18. The van der Waals surface area contributed by atoms with Crippen LogP contribution < -0.4 is 5.73 Å². The normalized spacial score (nSPS) is 21.9. The Balaban J connectivity index is 0.00000196. The molecule has 1 aliphatic rings. The molecule has 0 aromatic heterocycles. The number of methoxy groups -OCH3 is 1. The summed E-state index contributed by atoms with van der Waals surface area (Å²) in [4.78, 5) is 13.5. The van der Waals surface area contributed by atoms with Crippen molar-refractivity contribution in [1.29, 1.82) is 0 Å². The van der Waals surface area contributed by atoms with Crippen LogP contribution in [0.15, 0.2) is 0 Å². The van der Waals surface area contributed by atoms with E-state index in [2.05, 4.69) is 0 Å². The summed E-state index contributed by atoms with van der Waals surface area (Å²) >= 11 is 1.89. The van der Waals surface area contributed by atoms with Gasteiger partial charge in [0.25, 0.3) is 0 Å². The lowest BCUT2D eigenvalue weighted by atomic mass is 10.2. The first-order chi connectivity index (χ1) is 6.66. The Morgan fingerprint density at radius 1 is 1.73 bits per heavy atom. The van der Waals surface area contributed by atoms with Crippen molar-refractivity contribution in [2.45, 2.75) is 18.5 Å². The van der Waals surface area contributed by atoms with E-state index < -0.39 is 6.04 Å². The topological polar surface area (TPSA) is 55.6 Å². The zero-order valence-electron chi connectivity index (χ0n) is 9.14. The SMILES string of the molecule is COCC(N)C(=O)N(C)C1CCSC1.Cl. The molecule has 0 spiro atoms. The van der Waals surface area contributed by atoms with E-state index in [1.54, 1.807) is 12.0 Å². The quantitative estimate of drug-likeness (QED) is 0.787. The van der Waals surface area contributed by atoms with Crippen molar-refractivity contribution < 1.29 is 9.53 Å². The Bertz CT molecular complexity index is 201. The molecule has 6 heteroatoms. The molecule has 90 valence electrons. The Hall–Kier alpha value is 0.0300. The van der Waals surface area contributed by atoms with Crippen molar-refractivity contribution in [3.8, 4) is 0 Å². The summed E-state index contributed by atoms with van der Waals surface area (Å²) in [7, 11) is 3.38. The van der Waals surface area contributed by atoms with E-state index in [0.717, 1.165) is 17.9 Å². The Kier molecular flexibility index (Phi) is 7.34. The van der Waals surface area contributed by atoms with Crippen LogP contribution in [0.3, 0.4) is 0 Å². The highest BCUT2D eigenvalue weighted by atomic mass is 35.5. The molecule has 1 amide bonds. The van der Waals surface area contributed by atoms with Gasteiger partial charge in [-0.15, -0.1) is 12.4 Å². The Morgan fingerprint density at radius 2 is 2.40 bits per heavy atom. The van der Waals surface area contributed by atoms with Crippen molar-refractivity contribution in [3.63, 3.8) is 0 Å². The summed E-state index contributed by atoms with van der Waals surface area (Å²) in [6, 6.07) is -0.161. The van der Waals surface area contributed by atoms with Crippen LogP contribution in [-0.4, -0.2) is 55.2 Å². The number of nitrogens with zero attached hydrogens (tertiary/aromatic N) is 1. The summed E-state index contributed by atoms with van der Waals surface area (Å²) in [6.07, 6.45) is 1.08. The summed E-state index contributed by atoms with van der Waals surface area (Å²) in [5, 5.41) is 0. The first-order valence-electron chi connectivity index (χ1n) is 4.75. The number of hydrogen-bond donors (Lipinski definition) is 1. The van der Waals surface area contributed by atoms with Crippen molar-refractivity contribution in [1.82, 2.24) is 4.90 Å². The van der Waals surface area contributed by atoms with Crippen LogP contribution in [-0.2, 0) is 9.53 Å². The molecular weight excluding hydrogens is 236 g/mol. The number of amides is 1. The van der Waals surface area contributed by atoms with E-state index in [0.29, 0.717) is 12.6 Å². The van der Waals surface area contributed by atoms with Gasteiger partial charge in [0.1, 0.15) is 6.04 Å². The number of ether oxygens (including phenoxy) is 1. The van der Waals surface area contributed by atoms with Gasteiger partial charge in [-0.05, 0) is 12.2 Å². The van der Waals surface area contributed by atoms with Crippen LogP contribution in [0.1, 0.15) is 6.42 Å². The highest BCUT2D eigenvalue weighted by Crippen LogP contribution is 2.21. The molecule has 0 aromatic rings. The lowest BCUT2D eigenvalue weighted by Gasteiger charge is -2.26. The van der Waals surface area contributed by atoms with Crippen molar-refractivity contribution in [3.05, 3.63) is 0 Å². The zero-order valence-corrected chi connectivity index (χ0v) is 10.8. The highest BCUT2D eigenvalue weighted by Gasteiger charge is 2.26. The molecule has 2 atom stereocenters. The molecule has 0 radical (unpaired) electrons. The van der Waals surface area contributed by atoms with E-state index in [-0.39, 0.29) is 18.3 Å². The molecular formula is C9H19ClN2O2S. The van der Waals surface area contributed by atoms with Gasteiger partial charge in [0.05, 0.1) is 6.61 Å². The molecule has 0 aromatic carbocycles. The van der Waals surface area contributed by atoms with E-state index >= 15 is 0 Å². The summed E-state index contributed by atoms with van der Waals surface area (Å²) in [5.74, 6) is 2.16. The zero-order chi connectivity index (χ0) is 10.6. The van der Waals surface area contributed by atoms with Gasteiger partial charge in [-0.2, -0.15) is 11.8 Å². The van der Waals surface area contributed by atoms with Crippen molar-refractivity contribution in [2.24, 2.45) is 5.73 Å². The number of rotatable bonds is 4. The van der Waals surface area contributed by atoms with E-state index in [1.807, 2.05) is 18.8 Å². The molecule has 0 saturated carbocycles. The van der Waals surface area contributed by atoms with Gasteiger partial charge in [-0.3, -0.25) is 4.79 Å². The summed E-state index contributed by atoms with van der Waals surface area (Å²) in [6.45, 7) is 0.295. The van der Waals surface area contributed by atoms with Gasteiger partial charge >= 0.3 is 0 Å². The fraction of sp³-hybridized carbons (Fsp3) is 0.889. The van der Waals surface area contributed by atoms with Gasteiger partial charge < -0.3 is 15.4 Å². The first kappa shape index (κ1) is 15.0. The monoisotopic (exact) mass is 254 g/mol. The van der Waals surface area contributed by atoms with Crippen LogP contribution in [0.25, 0.3) is 0 Å². The standard InChI is InChI=1S/C9H18N2O2S.ClH/c1-11(7-3-4-14-6-7)9(12)8(10)5-13-2;/h7-8H,3-6,10H2,1-2H3;1H. The lowest BCUT2D eigenvalue weighted by molar-refractivity contribution is -0.134. The van der Waals surface area contributed by atoms with Crippen molar-refractivity contribution >= 4 is 30.1 Å². The van der Waals surface area contributed by atoms with E-state index in [1.165, 1.54) is 0 Å². The molecule has 2 unspecified atom stereocenters. The van der Waals surface area contributed by atoms with E-state index in [9.17, 15) is 4.79 Å². The molecule has 4 nitrogen and oxygen atoms in total. The third-order valence-corrected chi connectivity index (χ3v) is 3.61. The third-order valence-electron chi connectivity index (χ3n) is 2.46. The van der Waals surface area contributed by atoms with Gasteiger partial charge in [0.15, 0.2) is 0 Å². The molecule has 15 heavy (non-hydrogen) atoms. The molecule has 1 saturated heterocycles. The smallest absolute Gasteiger partial charge is 0.241 e. The Labute approximate surface area is 101 Å². The summed E-state index contributed by atoms with van der Waals surface area (Å²) < 4.78 is 4.86. The number of carbonyl (C=O) groups excluding carboxylic acids is 1. The minimum atomic E-state index is -0.518. The largest absolute Gasteiger partial charge is 0.383 e. The minimum Gasteiger partial charge on any atom is -0.383 e. The summed E-state index contributed by atoms with van der Waals surface area (Å²) in [5.41, 5.74) is 5.67. The maximum Gasteiger partial charge on any atom is 0.241 e. The molecule has 1 heterocycles. The van der Waals surface area contributed by atoms with Crippen LogP contribution >= 0.6 is 24.2 Å². The molecule has 1 aliphatic heterocycles. The molecule has 2 N–H and O–H groups in total. The first-order valence-corrected chi connectivity index (χ1v) is 5.91. The number of nitrogens with two attached hydrogens (primary N) is 1. The number of likely N-dealkylation sites (N-methyl/N-ethyl adjacent to an activating group) is 1. The molecule has 1 fully saturated rings. The molecule has 0 aliphatic carbocycles. The number of halogens is 1. The number of hydrogen-bond acceptors (Lipinski definition) is 4. The number of thioether (sulfide) groups is 1. The van der Waals surface area contributed by atoms with Gasteiger partial charge in [-0.1, -0.05) is 0 Å². The fourth-order valence-corrected chi connectivity index (χ4v) is 2.79. The van der Waals surface area contributed by atoms with Gasteiger partial charge in [-0.25, -0.2) is 0 Å². The fourth-order valence-electron chi connectivity index (χ4n) is 1.52. The predicted molar refractivity (Wildman–Crippen MR) is 65.6 cm³/mol. The van der Waals surface area contributed by atoms with E-state index in [4.69, 9.17) is 10.5 Å². The second kappa shape index (κ2) is 7.33. The average Bonchev–Trinajstić information content (AvgIpc) is 2.68. The van der Waals surface area contributed by atoms with Gasteiger partial charge in [0, 0.05) is 26.0 Å². The van der Waals surface area contributed by atoms with Gasteiger partial charge in [0.2, 0.25) is 5.91 Å². The lowest BCUT2D eigenvalue weighted by Crippen LogP contribution is -2.48. The highest BCUT2D eigenvalue weighted by molar-refractivity contribution is 7.99. The predicted octanol–water partition coefficient (Wildman–Crippen LogP) is 0.346. The van der Waals surface area contributed by atoms with Crippen molar-refractivity contribution in [2.75, 3.05) is 32.3 Å². The van der Waals surface area contributed by atoms with Crippen LogP contribution in [0, 0.1) is 0 Å².